The minimum Gasteiger partial charge on any atom is -0.465 e. The van der Waals surface area contributed by atoms with Crippen molar-refractivity contribution in [3.63, 3.8) is 0 Å². The Balaban J connectivity index is 2.05. The summed E-state index contributed by atoms with van der Waals surface area (Å²) in [7, 11) is 0. The summed E-state index contributed by atoms with van der Waals surface area (Å²) in [6.07, 6.45) is 0.0185. The Kier molecular flexibility index (Phi) is 4.71. The molecule has 1 N–H and O–H groups in total. The lowest BCUT2D eigenvalue weighted by molar-refractivity contribution is 0.131. The number of carbonyl (C=O) groups is 1. The predicted octanol–water partition coefficient (Wildman–Crippen LogP) is 3.00. The number of hydrogen-bond acceptors (Lipinski definition) is 4. The number of benzene rings is 1. The van der Waals surface area contributed by atoms with Crippen LogP contribution in [0.4, 0.5) is 16.2 Å². The molecule has 1 amide bonds. The molecular formula is C14H17N3O2S. The summed E-state index contributed by atoms with van der Waals surface area (Å²) in [5, 5.41) is 11.5. The van der Waals surface area contributed by atoms with Crippen LogP contribution in [0.25, 0.3) is 0 Å². The molecule has 0 aliphatic carbocycles. The molecule has 0 bridgehead atoms. The number of anilines is 1. The first-order chi connectivity index (χ1) is 9.65. The lowest BCUT2D eigenvalue weighted by Crippen LogP contribution is -2.41. The highest BCUT2D eigenvalue weighted by atomic mass is 32.1. The van der Waals surface area contributed by atoms with Gasteiger partial charge in [0.05, 0.1) is 16.9 Å². The van der Waals surface area contributed by atoms with Crippen molar-refractivity contribution in [2.45, 2.75) is 19.4 Å². The SMILES string of the molecule is CCN(C(=O)O)C1CCN(c2ccc(N=C=S)cc2)C1. The molecule has 1 heterocycles. The van der Waals surface area contributed by atoms with Gasteiger partial charge in [0.2, 0.25) is 0 Å². The third-order valence-electron chi connectivity index (χ3n) is 3.58. The second kappa shape index (κ2) is 6.50. The van der Waals surface area contributed by atoms with Gasteiger partial charge in [-0.1, -0.05) is 0 Å². The number of isothiocyanates is 1. The summed E-state index contributed by atoms with van der Waals surface area (Å²) in [4.78, 5) is 18.8. The number of nitrogens with zero attached hydrogens (tertiary/aromatic N) is 3. The third-order valence-corrected chi connectivity index (χ3v) is 3.67. The first-order valence-corrected chi connectivity index (χ1v) is 6.99. The Morgan fingerprint density at radius 2 is 2.25 bits per heavy atom. The summed E-state index contributed by atoms with van der Waals surface area (Å²) in [6.45, 7) is 3.99. The van der Waals surface area contributed by atoms with Gasteiger partial charge in [0.1, 0.15) is 0 Å². The van der Waals surface area contributed by atoms with Gasteiger partial charge >= 0.3 is 6.09 Å². The average Bonchev–Trinajstić information content (AvgIpc) is 2.90. The largest absolute Gasteiger partial charge is 0.465 e. The van der Waals surface area contributed by atoms with E-state index in [1.54, 1.807) is 0 Å². The van der Waals surface area contributed by atoms with Gasteiger partial charge in [-0.2, -0.15) is 4.99 Å². The van der Waals surface area contributed by atoms with Crippen LogP contribution in [0.3, 0.4) is 0 Å². The molecule has 0 saturated carbocycles. The Hall–Kier alpha value is -1.91. The van der Waals surface area contributed by atoms with Crippen molar-refractivity contribution in [1.82, 2.24) is 4.90 Å². The van der Waals surface area contributed by atoms with E-state index in [2.05, 4.69) is 27.3 Å². The van der Waals surface area contributed by atoms with Crippen LogP contribution in [0.1, 0.15) is 13.3 Å². The topological polar surface area (TPSA) is 56.1 Å². The third kappa shape index (κ3) is 3.15. The van der Waals surface area contributed by atoms with Crippen LogP contribution in [-0.2, 0) is 0 Å². The second-order valence-electron chi connectivity index (χ2n) is 4.68. The number of likely N-dealkylation sites (N-methyl/N-ethyl adjacent to an activating group) is 1. The molecule has 6 heteroatoms. The van der Waals surface area contributed by atoms with E-state index >= 15 is 0 Å². The zero-order valence-electron chi connectivity index (χ0n) is 11.3. The molecule has 1 aromatic rings. The fourth-order valence-electron chi connectivity index (χ4n) is 2.57. The fourth-order valence-corrected chi connectivity index (χ4v) is 2.68. The smallest absolute Gasteiger partial charge is 0.407 e. The van der Waals surface area contributed by atoms with E-state index in [4.69, 9.17) is 5.11 Å². The first-order valence-electron chi connectivity index (χ1n) is 6.58. The van der Waals surface area contributed by atoms with Crippen LogP contribution >= 0.6 is 12.2 Å². The van der Waals surface area contributed by atoms with E-state index < -0.39 is 6.09 Å². The molecule has 1 aromatic carbocycles. The number of amides is 1. The minimum absolute atomic E-state index is 0.0659. The summed E-state index contributed by atoms with van der Waals surface area (Å²) >= 11 is 4.57. The maximum atomic E-state index is 11.2. The Morgan fingerprint density at radius 3 is 2.80 bits per heavy atom. The normalized spacial score (nSPS) is 17.6. The quantitative estimate of drug-likeness (QED) is 0.684. The Morgan fingerprint density at radius 1 is 1.55 bits per heavy atom. The van der Waals surface area contributed by atoms with Gasteiger partial charge in [0.25, 0.3) is 0 Å². The van der Waals surface area contributed by atoms with Gasteiger partial charge < -0.3 is 14.9 Å². The molecule has 0 aromatic heterocycles. The van der Waals surface area contributed by atoms with E-state index in [0.717, 1.165) is 30.9 Å². The zero-order chi connectivity index (χ0) is 14.5. The van der Waals surface area contributed by atoms with E-state index in [9.17, 15) is 4.79 Å². The zero-order valence-corrected chi connectivity index (χ0v) is 12.1. The highest BCUT2D eigenvalue weighted by Crippen LogP contribution is 2.25. The van der Waals surface area contributed by atoms with Gasteiger partial charge in [0.15, 0.2) is 0 Å². The van der Waals surface area contributed by atoms with Crippen LogP contribution in [0, 0.1) is 0 Å². The van der Waals surface area contributed by atoms with Crippen molar-refractivity contribution in [3.8, 4) is 0 Å². The predicted molar refractivity (Wildman–Crippen MR) is 82.2 cm³/mol. The molecule has 106 valence electrons. The second-order valence-corrected chi connectivity index (χ2v) is 4.86. The number of aliphatic imine (C=N–C) groups is 1. The molecule has 1 fully saturated rings. The highest BCUT2D eigenvalue weighted by molar-refractivity contribution is 7.78. The van der Waals surface area contributed by atoms with E-state index in [0.29, 0.717) is 6.54 Å². The highest BCUT2D eigenvalue weighted by Gasteiger charge is 2.29. The van der Waals surface area contributed by atoms with Crippen molar-refractivity contribution in [2.75, 3.05) is 24.5 Å². The average molecular weight is 291 g/mol. The molecule has 0 radical (unpaired) electrons. The van der Waals surface area contributed by atoms with Crippen molar-refractivity contribution in [3.05, 3.63) is 24.3 Å². The van der Waals surface area contributed by atoms with Gasteiger partial charge in [-0.05, 0) is 49.8 Å². The van der Waals surface area contributed by atoms with E-state index in [1.165, 1.54) is 4.90 Å². The summed E-state index contributed by atoms with van der Waals surface area (Å²) in [6, 6.07) is 7.79. The van der Waals surface area contributed by atoms with Crippen LogP contribution < -0.4 is 4.90 Å². The fraction of sp³-hybridized carbons (Fsp3) is 0.429. The molecule has 5 nitrogen and oxygen atoms in total. The first kappa shape index (κ1) is 14.5. The molecule has 20 heavy (non-hydrogen) atoms. The van der Waals surface area contributed by atoms with Crippen molar-refractivity contribution in [1.29, 1.82) is 0 Å². The monoisotopic (exact) mass is 291 g/mol. The van der Waals surface area contributed by atoms with Gasteiger partial charge in [-0.25, -0.2) is 4.79 Å². The van der Waals surface area contributed by atoms with Gasteiger partial charge in [0, 0.05) is 25.3 Å². The van der Waals surface area contributed by atoms with Crippen LogP contribution in [0.5, 0.6) is 0 Å². The Labute approximate surface area is 123 Å². The molecular weight excluding hydrogens is 274 g/mol. The lowest BCUT2D eigenvalue weighted by Gasteiger charge is -2.25. The number of thiocarbonyl (C=S) groups is 1. The van der Waals surface area contributed by atoms with Gasteiger partial charge in [-0.3, -0.25) is 0 Å². The molecule has 1 saturated heterocycles. The summed E-state index contributed by atoms with van der Waals surface area (Å²) in [5.74, 6) is 0. The van der Waals surface area contributed by atoms with E-state index in [-0.39, 0.29) is 6.04 Å². The molecule has 2 rings (SSSR count). The van der Waals surface area contributed by atoms with Crippen molar-refractivity contribution >= 4 is 34.8 Å². The number of hydrogen-bond donors (Lipinski definition) is 1. The summed E-state index contributed by atoms with van der Waals surface area (Å²) in [5.41, 5.74) is 1.86. The maximum absolute atomic E-state index is 11.2. The Bertz CT molecular complexity index is 526. The molecule has 1 unspecified atom stereocenters. The van der Waals surface area contributed by atoms with Crippen LogP contribution in [-0.4, -0.2) is 46.9 Å². The molecule has 1 atom stereocenters. The summed E-state index contributed by atoms with van der Waals surface area (Å²) < 4.78 is 0. The molecule has 1 aliphatic rings. The lowest BCUT2D eigenvalue weighted by atomic mass is 10.2. The van der Waals surface area contributed by atoms with Crippen molar-refractivity contribution in [2.24, 2.45) is 4.99 Å². The van der Waals surface area contributed by atoms with Crippen LogP contribution in [0.2, 0.25) is 0 Å². The van der Waals surface area contributed by atoms with Gasteiger partial charge in [-0.15, -0.1) is 0 Å². The number of rotatable bonds is 4. The van der Waals surface area contributed by atoms with Crippen LogP contribution in [0.15, 0.2) is 29.3 Å². The molecule has 1 aliphatic heterocycles. The number of carboxylic acid groups (broad SMARTS) is 1. The van der Waals surface area contributed by atoms with Crippen molar-refractivity contribution < 1.29 is 9.90 Å². The maximum Gasteiger partial charge on any atom is 0.407 e. The standard InChI is InChI=1S/C14H17N3O2S/c1-2-17(14(18)19)13-7-8-16(9-13)12-5-3-11(4-6-12)15-10-20/h3-6,13H,2,7-9H2,1H3,(H,18,19). The molecule has 0 spiro atoms. The minimum atomic E-state index is -0.843. The van der Waals surface area contributed by atoms with E-state index in [1.807, 2.05) is 31.2 Å².